The molecule has 74 valence electrons. The van der Waals surface area contributed by atoms with Crippen molar-refractivity contribution in [2.24, 2.45) is 0 Å². The van der Waals surface area contributed by atoms with Gasteiger partial charge in [0.1, 0.15) is 5.82 Å². The van der Waals surface area contributed by atoms with E-state index in [0.717, 1.165) is 5.82 Å². The third-order valence-corrected chi connectivity index (χ3v) is 1.55. The largest absolute Gasteiger partial charge is 0.446 e. The Hall–Kier alpha value is -1.32. The van der Waals surface area contributed by atoms with Gasteiger partial charge in [-0.05, 0) is 0 Å². The minimum Gasteiger partial charge on any atom is -0.446 e. The first-order valence-electron chi connectivity index (χ1n) is 3.82. The molecule has 1 heterocycles. The van der Waals surface area contributed by atoms with Crippen LogP contribution in [-0.4, -0.2) is 16.0 Å². The number of hydrogen-bond donors (Lipinski definition) is 0. The summed E-state index contributed by atoms with van der Waals surface area (Å²) in [6.45, 7) is 4.76. The fourth-order valence-electron chi connectivity index (χ4n) is 1.04. The van der Waals surface area contributed by atoms with Crippen LogP contribution in [0.3, 0.4) is 0 Å². The summed E-state index contributed by atoms with van der Waals surface area (Å²) in [5.74, 6) is 1.27. The average molecular weight is 184 g/mol. The summed E-state index contributed by atoms with van der Waals surface area (Å²) in [6.07, 6.45) is 3.49. The maximum absolute atomic E-state index is 9.93. The number of carbonyl (C=O) groups excluding carboxylic acids is 1. The van der Waals surface area contributed by atoms with Gasteiger partial charge >= 0.3 is 0 Å². The average Bonchev–Trinajstić information content (AvgIpc) is 2.48. The smallest absolute Gasteiger partial charge is 0.294 e. The van der Waals surface area contributed by atoms with E-state index in [-0.39, 0.29) is 14.2 Å². The molecule has 0 fully saturated rings. The molecule has 1 aromatic heterocycles. The highest BCUT2D eigenvalue weighted by molar-refractivity contribution is 5.36. The van der Waals surface area contributed by atoms with Crippen molar-refractivity contribution in [3.63, 3.8) is 0 Å². The lowest BCUT2D eigenvalue weighted by molar-refractivity contribution is -0.132. The summed E-state index contributed by atoms with van der Waals surface area (Å²) in [4.78, 5) is 14.1. The summed E-state index contributed by atoms with van der Waals surface area (Å²) >= 11 is 0. The SMILES string of the molecule is C.CC(C)c1nccn1COC=O. The molecule has 0 aromatic carbocycles. The van der Waals surface area contributed by atoms with E-state index in [1.807, 2.05) is 13.8 Å². The second-order valence-corrected chi connectivity index (χ2v) is 2.80. The molecule has 1 rings (SSSR count). The standard InChI is InChI=1S/C8H12N2O2.CH4/c1-7(2)8-9-3-4-10(8)5-12-6-11;/h3-4,6-7H,5H2,1-2H3;1H4. The van der Waals surface area contributed by atoms with Crippen LogP contribution in [0, 0.1) is 0 Å². The zero-order valence-corrected chi connectivity index (χ0v) is 7.23. The first kappa shape index (κ1) is 11.7. The monoisotopic (exact) mass is 184 g/mol. The van der Waals surface area contributed by atoms with E-state index in [4.69, 9.17) is 0 Å². The van der Waals surface area contributed by atoms with E-state index < -0.39 is 0 Å². The molecular formula is C9H16N2O2. The van der Waals surface area contributed by atoms with Gasteiger partial charge in [0.25, 0.3) is 6.47 Å². The van der Waals surface area contributed by atoms with E-state index in [2.05, 4.69) is 9.72 Å². The first-order valence-corrected chi connectivity index (χ1v) is 3.82. The van der Waals surface area contributed by atoms with Crippen molar-refractivity contribution in [3.8, 4) is 0 Å². The molecule has 0 spiro atoms. The molecule has 13 heavy (non-hydrogen) atoms. The van der Waals surface area contributed by atoms with Gasteiger partial charge in [-0.2, -0.15) is 0 Å². The van der Waals surface area contributed by atoms with Crippen LogP contribution < -0.4 is 0 Å². The minimum atomic E-state index is 0. The summed E-state index contributed by atoms with van der Waals surface area (Å²) in [7, 11) is 0. The molecule has 0 aliphatic rings. The number of ether oxygens (including phenoxy) is 1. The Balaban J connectivity index is 0.00000144. The molecule has 0 saturated heterocycles. The number of rotatable bonds is 4. The lowest BCUT2D eigenvalue weighted by atomic mass is 10.2. The Morgan fingerprint density at radius 1 is 1.69 bits per heavy atom. The van der Waals surface area contributed by atoms with Gasteiger partial charge in [-0.15, -0.1) is 0 Å². The predicted octanol–water partition coefficient (Wildman–Crippen LogP) is 1.77. The summed E-state index contributed by atoms with van der Waals surface area (Å²) in [5, 5.41) is 0. The van der Waals surface area contributed by atoms with Crippen molar-refractivity contribution in [3.05, 3.63) is 18.2 Å². The number of hydrogen-bond acceptors (Lipinski definition) is 3. The third kappa shape index (κ3) is 2.89. The first-order chi connectivity index (χ1) is 5.75. The van der Waals surface area contributed by atoms with E-state index in [9.17, 15) is 4.79 Å². The molecule has 0 bridgehead atoms. The lowest BCUT2D eigenvalue weighted by Crippen LogP contribution is -2.06. The maximum Gasteiger partial charge on any atom is 0.294 e. The Kier molecular flexibility index (Phi) is 4.80. The number of nitrogens with zero attached hydrogens (tertiary/aromatic N) is 2. The highest BCUT2D eigenvalue weighted by atomic mass is 16.5. The molecule has 1 aromatic rings. The van der Waals surface area contributed by atoms with Gasteiger partial charge < -0.3 is 9.30 Å². The second kappa shape index (κ2) is 5.35. The molecular weight excluding hydrogens is 168 g/mol. The zero-order chi connectivity index (χ0) is 8.97. The Labute approximate surface area is 78.5 Å². The van der Waals surface area contributed by atoms with Gasteiger partial charge in [-0.1, -0.05) is 21.3 Å². The van der Waals surface area contributed by atoms with Crippen molar-refractivity contribution in [2.75, 3.05) is 0 Å². The van der Waals surface area contributed by atoms with Gasteiger partial charge in [0.2, 0.25) is 0 Å². The Morgan fingerprint density at radius 3 is 2.92 bits per heavy atom. The van der Waals surface area contributed by atoms with Crippen molar-refractivity contribution >= 4 is 6.47 Å². The molecule has 0 unspecified atom stereocenters. The predicted molar refractivity (Wildman–Crippen MR) is 50.2 cm³/mol. The molecule has 0 atom stereocenters. The van der Waals surface area contributed by atoms with E-state index in [1.54, 1.807) is 17.0 Å². The molecule has 0 saturated carbocycles. The summed E-state index contributed by atoms with van der Waals surface area (Å²) < 4.78 is 6.42. The van der Waals surface area contributed by atoms with Gasteiger partial charge in [0, 0.05) is 18.3 Å². The van der Waals surface area contributed by atoms with Crippen molar-refractivity contribution < 1.29 is 9.53 Å². The van der Waals surface area contributed by atoms with Crippen LogP contribution in [0.25, 0.3) is 0 Å². The Bertz CT molecular complexity index is 256. The van der Waals surface area contributed by atoms with Crippen molar-refractivity contribution in [2.45, 2.75) is 33.9 Å². The van der Waals surface area contributed by atoms with Crippen LogP contribution in [0.4, 0.5) is 0 Å². The molecule has 0 aliphatic heterocycles. The zero-order valence-electron chi connectivity index (χ0n) is 7.23. The third-order valence-electron chi connectivity index (χ3n) is 1.55. The van der Waals surface area contributed by atoms with Gasteiger partial charge in [0.15, 0.2) is 6.73 Å². The highest BCUT2D eigenvalue weighted by Crippen LogP contribution is 2.10. The van der Waals surface area contributed by atoms with Crippen LogP contribution in [-0.2, 0) is 16.3 Å². The molecule has 0 radical (unpaired) electrons. The molecule has 0 amide bonds. The van der Waals surface area contributed by atoms with Crippen molar-refractivity contribution in [1.82, 2.24) is 9.55 Å². The summed E-state index contributed by atoms with van der Waals surface area (Å²) in [6, 6.07) is 0. The van der Waals surface area contributed by atoms with Crippen molar-refractivity contribution in [1.29, 1.82) is 0 Å². The van der Waals surface area contributed by atoms with Gasteiger partial charge in [-0.3, -0.25) is 4.79 Å². The molecule has 0 N–H and O–H groups in total. The molecule has 0 aliphatic carbocycles. The topological polar surface area (TPSA) is 44.1 Å². The van der Waals surface area contributed by atoms with Crippen LogP contribution in [0.2, 0.25) is 0 Å². The Morgan fingerprint density at radius 2 is 2.38 bits per heavy atom. The quantitative estimate of drug-likeness (QED) is 0.670. The summed E-state index contributed by atoms with van der Waals surface area (Å²) in [5.41, 5.74) is 0. The normalized spacial score (nSPS) is 9.46. The van der Waals surface area contributed by atoms with Crippen LogP contribution in [0.1, 0.15) is 33.0 Å². The van der Waals surface area contributed by atoms with E-state index >= 15 is 0 Å². The molecule has 4 nitrogen and oxygen atoms in total. The maximum atomic E-state index is 9.93. The fourth-order valence-corrected chi connectivity index (χ4v) is 1.04. The fraction of sp³-hybridized carbons (Fsp3) is 0.556. The van der Waals surface area contributed by atoms with Gasteiger partial charge in [-0.25, -0.2) is 4.98 Å². The lowest BCUT2D eigenvalue weighted by Gasteiger charge is -2.07. The van der Waals surface area contributed by atoms with E-state index in [0.29, 0.717) is 12.4 Å². The van der Waals surface area contributed by atoms with Crippen LogP contribution in [0.15, 0.2) is 12.4 Å². The number of aromatic nitrogens is 2. The molecule has 4 heteroatoms. The van der Waals surface area contributed by atoms with E-state index in [1.165, 1.54) is 0 Å². The van der Waals surface area contributed by atoms with Crippen LogP contribution in [0.5, 0.6) is 0 Å². The minimum absolute atomic E-state index is 0. The van der Waals surface area contributed by atoms with Crippen LogP contribution >= 0.6 is 0 Å². The highest BCUT2D eigenvalue weighted by Gasteiger charge is 2.05. The van der Waals surface area contributed by atoms with Gasteiger partial charge in [0.05, 0.1) is 0 Å². The number of imidazole rings is 1. The number of carbonyl (C=O) groups is 1. The second-order valence-electron chi connectivity index (χ2n) is 2.80.